The van der Waals surface area contributed by atoms with E-state index in [9.17, 15) is 0 Å². The Kier molecular flexibility index (Phi) is 5.94. The highest BCUT2D eigenvalue weighted by Crippen LogP contribution is 2.08. The number of nitrogens with one attached hydrogen (secondary N) is 1. The summed E-state index contributed by atoms with van der Waals surface area (Å²) in [7, 11) is 0. The molecule has 0 saturated heterocycles. The van der Waals surface area contributed by atoms with Crippen LogP contribution in [0.2, 0.25) is 0 Å². The SMILES string of the molecule is CCCCCC(C)NCc1cccc(N)c1. The zero-order chi connectivity index (χ0) is 11.8. The molecule has 2 heteroatoms. The molecule has 0 aliphatic rings. The fourth-order valence-electron chi connectivity index (χ4n) is 1.80. The average molecular weight is 220 g/mol. The Hall–Kier alpha value is -1.02. The molecule has 1 unspecified atom stereocenters. The van der Waals surface area contributed by atoms with Gasteiger partial charge in [0, 0.05) is 18.3 Å². The van der Waals surface area contributed by atoms with Gasteiger partial charge in [0.15, 0.2) is 0 Å². The first-order chi connectivity index (χ1) is 7.72. The molecule has 0 aliphatic carbocycles. The molecule has 0 aromatic heterocycles. The van der Waals surface area contributed by atoms with Crippen LogP contribution >= 0.6 is 0 Å². The molecule has 2 nitrogen and oxygen atoms in total. The van der Waals surface area contributed by atoms with Crippen LogP contribution in [0.1, 0.15) is 45.1 Å². The highest BCUT2D eigenvalue weighted by atomic mass is 14.9. The molecule has 0 saturated carbocycles. The van der Waals surface area contributed by atoms with Crippen molar-refractivity contribution in [1.29, 1.82) is 0 Å². The van der Waals surface area contributed by atoms with Crippen molar-refractivity contribution in [3.05, 3.63) is 29.8 Å². The molecule has 0 bridgehead atoms. The Labute approximate surface area is 99.2 Å². The van der Waals surface area contributed by atoms with Crippen LogP contribution in [0.4, 0.5) is 5.69 Å². The average Bonchev–Trinajstić information content (AvgIpc) is 2.27. The van der Waals surface area contributed by atoms with E-state index in [0.717, 1.165) is 12.2 Å². The van der Waals surface area contributed by atoms with E-state index in [1.807, 2.05) is 18.2 Å². The van der Waals surface area contributed by atoms with Gasteiger partial charge in [-0.15, -0.1) is 0 Å². The van der Waals surface area contributed by atoms with E-state index < -0.39 is 0 Å². The minimum absolute atomic E-state index is 0.591. The lowest BCUT2D eigenvalue weighted by Gasteiger charge is -2.13. The van der Waals surface area contributed by atoms with E-state index in [2.05, 4.69) is 25.2 Å². The second kappa shape index (κ2) is 7.29. The number of nitrogen functional groups attached to an aromatic ring is 1. The quantitative estimate of drug-likeness (QED) is 0.546. The molecular weight excluding hydrogens is 196 g/mol. The smallest absolute Gasteiger partial charge is 0.0317 e. The highest BCUT2D eigenvalue weighted by molar-refractivity contribution is 5.40. The van der Waals surface area contributed by atoms with E-state index >= 15 is 0 Å². The largest absolute Gasteiger partial charge is 0.399 e. The maximum Gasteiger partial charge on any atom is 0.0317 e. The molecule has 1 rings (SSSR count). The van der Waals surface area contributed by atoms with Crippen molar-refractivity contribution < 1.29 is 0 Å². The number of nitrogens with two attached hydrogens (primary N) is 1. The minimum atomic E-state index is 0.591. The lowest BCUT2D eigenvalue weighted by atomic mass is 10.1. The molecule has 0 spiro atoms. The van der Waals surface area contributed by atoms with Crippen LogP contribution in [0.15, 0.2) is 24.3 Å². The Morgan fingerprint density at radius 3 is 2.81 bits per heavy atom. The standard InChI is InChI=1S/C14H24N2/c1-3-4-5-7-12(2)16-11-13-8-6-9-14(15)10-13/h6,8-10,12,16H,3-5,7,11,15H2,1-2H3. The number of anilines is 1. The second-order valence-electron chi connectivity index (χ2n) is 4.52. The first-order valence-electron chi connectivity index (χ1n) is 6.30. The van der Waals surface area contributed by atoms with Gasteiger partial charge in [-0.05, 0) is 31.0 Å². The second-order valence-corrected chi connectivity index (χ2v) is 4.52. The van der Waals surface area contributed by atoms with Gasteiger partial charge in [-0.25, -0.2) is 0 Å². The number of benzene rings is 1. The summed E-state index contributed by atoms with van der Waals surface area (Å²) in [5.74, 6) is 0. The van der Waals surface area contributed by atoms with Crippen LogP contribution in [0.5, 0.6) is 0 Å². The van der Waals surface area contributed by atoms with E-state index in [1.165, 1.54) is 31.2 Å². The zero-order valence-electron chi connectivity index (χ0n) is 10.5. The molecule has 0 amide bonds. The van der Waals surface area contributed by atoms with E-state index in [-0.39, 0.29) is 0 Å². The van der Waals surface area contributed by atoms with Gasteiger partial charge in [-0.1, -0.05) is 38.3 Å². The van der Waals surface area contributed by atoms with Crippen molar-refractivity contribution in [3.63, 3.8) is 0 Å². The third kappa shape index (κ3) is 5.17. The molecule has 90 valence electrons. The van der Waals surface area contributed by atoms with E-state index in [1.54, 1.807) is 0 Å². The molecule has 3 N–H and O–H groups in total. The lowest BCUT2D eigenvalue weighted by Crippen LogP contribution is -2.25. The van der Waals surface area contributed by atoms with Gasteiger partial charge in [-0.3, -0.25) is 0 Å². The minimum Gasteiger partial charge on any atom is -0.399 e. The Balaban J connectivity index is 2.23. The van der Waals surface area contributed by atoms with Gasteiger partial charge in [0.1, 0.15) is 0 Å². The Morgan fingerprint density at radius 1 is 1.31 bits per heavy atom. The van der Waals surface area contributed by atoms with Crippen LogP contribution in [0.25, 0.3) is 0 Å². The predicted molar refractivity (Wildman–Crippen MR) is 71.3 cm³/mol. The van der Waals surface area contributed by atoms with Crippen molar-refractivity contribution in [1.82, 2.24) is 5.32 Å². The third-order valence-corrected chi connectivity index (χ3v) is 2.85. The molecule has 0 aliphatic heterocycles. The summed E-state index contributed by atoms with van der Waals surface area (Å²) in [4.78, 5) is 0. The Morgan fingerprint density at radius 2 is 2.12 bits per heavy atom. The fraction of sp³-hybridized carbons (Fsp3) is 0.571. The van der Waals surface area contributed by atoms with Gasteiger partial charge in [0.05, 0.1) is 0 Å². The zero-order valence-corrected chi connectivity index (χ0v) is 10.5. The topological polar surface area (TPSA) is 38.0 Å². The van der Waals surface area contributed by atoms with Crippen LogP contribution < -0.4 is 11.1 Å². The molecule has 1 aromatic carbocycles. The molecule has 16 heavy (non-hydrogen) atoms. The summed E-state index contributed by atoms with van der Waals surface area (Å²) in [6.45, 7) is 5.41. The maximum atomic E-state index is 5.74. The fourth-order valence-corrected chi connectivity index (χ4v) is 1.80. The Bertz CT molecular complexity index is 297. The summed E-state index contributed by atoms with van der Waals surface area (Å²) in [6.07, 6.45) is 5.21. The molecule has 1 atom stereocenters. The first-order valence-corrected chi connectivity index (χ1v) is 6.30. The number of unbranched alkanes of at least 4 members (excludes halogenated alkanes) is 2. The predicted octanol–water partition coefficient (Wildman–Crippen LogP) is 3.33. The maximum absolute atomic E-state index is 5.74. The van der Waals surface area contributed by atoms with Gasteiger partial charge < -0.3 is 11.1 Å². The van der Waals surface area contributed by atoms with Gasteiger partial charge in [0.2, 0.25) is 0 Å². The van der Waals surface area contributed by atoms with Crippen LogP contribution in [0, 0.1) is 0 Å². The number of hydrogen-bond acceptors (Lipinski definition) is 2. The molecule has 0 fully saturated rings. The third-order valence-electron chi connectivity index (χ3n) is 2.85. The van der Waals surface area contributed by atoms with Gasteiger partial charge in [-0.2, -0.15) is 0 Å². The van der Waals surface area contributed by atoms with Gasteiger partial charge in [0.25, 0.3) is 0 Å². The number of hydrogen-bond donors (Lipinski definition) is 2. The summed E-state index contributed by atoms with van der Waals surface area (Å²) in [6, 6.07) is 8.67. The monoisotopic (exact) mass is 220 g/mol. The molecule has 0 radical (unpaired) electrons. The molecule has 0 heterocycles. The van der Waals surface area contributed by atoms with Crippen molar-refractivity contribution in [2.75, 3.05) is 5.73 Å². The summed E-state index contributed by atoms with van der Waals surface area (Å²) >= 11 is 0. The van der Waals surface area contributed by atoms with E-state index in [4.69, 9.17) is 5.73 Å². The summed E-state index contributed by atoms with van der Waals surface area (Å²) in [5, 5.41) is 3.53. The van der Waals surface area contributed by atoms with Crippen molar-refractivity contribution in [2.45, 2.75) is 52.1 Å². The van der Waals surface area contributed by atoms with Crippen molar-refractivity contribution in [3.8, 4) is 0 Å². The van der Waals surface area contributed by atoms with Crippen molar-refractivity contribution in [2.24, 2.45) is 0 Å². The van der Waals surface area contributed by atoms with Crippen molar-refractivity contribution >= 4 is 5.69 Å². The van der Waals surface area contributed by atoms with Crippen LogP contribution in [-0.2, 0) is 6.54 Å². The molecular formula is C14H24N2. The van der Waals surface area contributed by atoms with Crippen LogP contribution in [0.3, 0.4) is 0 Å². The normalized spacial score (nSPS) is 12.6. The van der Waals surface area contributed by atoms with E-state index in [0.29, 0.717) is 6.04 Å². The lowest BCUT2D eigenvalue weighted by molar-refractivity contribution is 0.487. The molecule has 1 aromatic rings. The highest BCUT2D eigenvalue weighted by Gasteiger charge is 2.01. The first kappa shape index (κ1) is 13.0. The summed E-state index contributed by atoms with van der Waals surface area (Å²) < 4.78 is 0. The van der Waals surface area contributed by atoms with Gasteiger partial charge >= 0.3 is 0 Å². The van der Waals surface area contributed by atoms with Crippen LogP contribution in [-0.4, -0.2) is 6.04 Å². The number of rotatable bonds is 7. The summed E-state index contributed by atoms with van der Waals surface area (Å²) in [5.41, 5.74) is 7.85.